The molecule has 1 aromatic carbocycles. The van der Waals surface area contributed by atoms with Gasteiger partial charge in [0.05, 0.1) is 11.4 Å². The second-order valence-corrected chi connectivity index (χ2v) is 9.57. The largest absolute Gasteiger partial charge is 0.301 e. The van der Waals surface area contributed by atoms with Gasteiger partial charge in [-0.3, -0.25) is 4.79 Å². The number of hydrogen-bond donors (Lipinski definition) is 1. The van der Waals surface area contributed by atoms with Gasteiger partial charge in [-0.15, -0.1) is 11.3 Å². The molecule has 1 saturated carbocycles. The van der Waals surface area contributed by atoms with Crippen molar-refractivity contribution in [1.82, 2.24) is 15.0 Å². The molecule has 0 atom stereocenters. The SMILES string of the molecule is Cc1cc(C)nc(SCC(=O)Nc2nc(-c3ccc(C4CCCCC4)cc3)cs2)n1. The number of aromatic nitrogens is 3. The van der Waals surface area contributed by atoms with Crippen molar-refractivity contribution in [2.24, 2.45) is 0 Å². The number of carbonyl (C=O) groups excluding carboxylic acids is 1. The Morgan fingerprint density at radius 1 is 1.07 bits per heavy atom. The molecule has 1 amide bonds. The molecule has 0 radical (unpaired) electrons. The maximum atomic E-state index is 12.3. The van der Waals surface area contributed by atoms with Crippen molar-refractivity contribution < 1.29 is 4.79 Å². The first kappa shape index (κ1) is 21.0. The van der Waals surface area contributed by atoms with E-state index in [0.29, 0.717) is 16.2 Å². The Hall–Kier alpha value is -2.25. The number of thiazole rings is 1. The summed E-state index contributed by atoms with van der Waals surface area (Å²) in [5.74, 6) is 0.863. The molecule has 1 aliphatic carbocycles. The summed E-state index contributed by atoms with van der Waals surface area (Å²) in [6.45, 7) is 3.86. The zero-order valence-electron chi connectivity index (χ0n) is 17.4. The van der Waals surface area contributed by atoms with E-state index in [9.17, 15) is 4.79 Å². The molecule has 3 aromatic rings. The van der Waals surface area contributed by atoms with E-state index in [0.717, 1.165) is 22.6 Å². The molecule has 1 N–H and O–H groups in total. The number of rotatable bonds is 6. The first-order chi connectivity index (χ1) is 14.6. The Balaban J connectivity index is 1.33. The molecule has 0 spiro atoms. The number of aryl methyl sites for hydroxylation is 2. The summed E-state index contributed by atoms with van der Waals surface area (Å²) in [6.07, 6.45) is 6.66. The van der Waals surface area contributed by atoms with Crippen molar-refractivity contribution in [2.45, 2.75) is 57.0 Å². The smallest absolute Gasteiger partial charge is 0.236 e. The van der Waals surface area contributed by atoms with Crippen LogP contribution in [0.4, 0.5) is 5.13 Å². The predicted molar refractivity (Wildman–Crippen MR) is 124 cm³/mol. The summed E-state index contributed by atoms with van der Waals surface area (Å²) in [4.78, 5) is 25.6. The maximum absolute atomic E-state index is 12.3. The van der Waals surface area contributed by atoms with E-state index in [1.165, 1.54) is 60.8 Å². The number of nitrogens with zero attached hydrogens (tertiary/aromatic N) is 3. The standard InChI is InChI=1S/C23H26N4OS2/c1-15-12-16(2)25-22(24-15)30-14-21(28)27-23-26-20(13-29-23)19-10-8-18(9-11-19)17-6-4-3-5-7-17/h8-13,17H,3-7,14H2,1-2H3,(H,26,27,28). The van der Waals surface area contributed by atoms with Crippen LogP contribution in [0.3, 0.4) is 0 Å². The Kier molecular flexibility index (Phi) is 6.79. The minimum atomic E-state index is -0.101. The molecule has 0 saturated heterocycles. The number of hydrogen-bond acceptors (Lipinski definition) is 6. The molecule has 5 nitrogen and oxygen atoms in total. The molecular formula is C23H26N4OS2. The number of nitrogens with one attached hydrogen (secondary N) is 1. The first-order valence-electron chi connectivity index (χ1n) is 10.4. The van der Waals surface area contributed by atoms with Gasteiger partial charge in [0, 0.05) is 22.3 Å². The summed E-state index contributed by atoms with van der Waals surface area (Å²) in [6, 6.07) is 10.7. The van der Waals surface area contributed by atoms with Gasteiger partial charge in [0.2, 0.25) is 5.91 Å². The van der Waals surface area contributed by atoms with E-state index in [4.69, 9.17) is 0 Å². The minimum absolute atomic E-state index is 0.101. The van der Waals surface area contributed by atoms with Crippen LogP contribution in [-0.2, 0) is 4.79 Å². The fourth-order valence-electron chi connectivity index (χ4n) is 3.87. The number of benzene rings is 1. The summed E-state index contributed by atoms with van der Waals surface area (Å²) >= 11 is 2.78. The quantitative estimate of drug-likeness (QED) is 0.378. The van der Waals surface area contributed by atoms with Crippen LogP contribution in [0.1, 0.15) is 55.0 Å². The highest BCUT2D eigenvalue weighted by Crippen LogP contribution is 2.34. The zero-order valence-corrected chi connectivity index (χ0v) is 19.0. The lowest BCUT2D eigenvalue weighted by atomic mass is 9.84. The third kappa shape index (κ3) is 5.46. The van der Waals surface area contributed by atoms with Gasteiger partial charge < -0.3 is 5.32 Å². The van der Waals surface area contributed by atoms with Gasteiger partial charge in [-0.1, -0.05) is 55.3 Å². The van der Waals surface area contributed by atoms with Gasteiger partial charge in [-0.2, -0.15) is 0 Å². The second-order valence-electron chi connectivity index (χ2n) is 7.76. The zero-order chi connectivity index (χ0) is 20.9. The van der Waals surface area contributed by atoms with Gasteiger partial charge in [0.1, 0.15) is 0 Å². The van der Waals surface area contributed by atoms with E-state index >= 15 is 0 Å². The van der Waals surface area contributed by atoms with Gasteiger partial charge in [-0.05, 0) is 44.2 Å². The molecule has 0 aliphatic heterocycles. The minimum Gasteiger partial charge on any atom is -0.301 e. The third-order valence-electron chi connectivity index (χ3n) is 5.33. The van der Waals surface area contributed by atoms with Crippen molar-refractivity contribution in [3.05, 3.63) is 52.7 Å². The topological polar surface area (TPSA) is 67.8 Å². The molecule has 156 valence electrons. The van der Waals surface area contributed by atoms with Gasteiger partial charge in [-0.25, -0.2) is 15.0 Å². The number of amides is 1. The Morgan fingerprint density at radius 3 is 2.47 bits per heavy atom. The van der Waals surface area contributed by atoms with E-state index < -0.39 is 0 Å². The van der Waals surface area contributed by atoms with Gasteiger partial charge >= 0.3 is 0 Å². The van der Waals surface area contributed by atoms with Crippen LogP contribution in [0.25, 0.3) is 11.3 Å². The molecule has 1 aliphatic rings. The average molecular weight is 439 g/mol. The summed E-state index contributed by atoms with van der Waals surface area (Å²) in [5.41, 5.74) is 5.24. The van der Waals surface area contributed by atoms with Crippen LogP contribution >= 0.6 is 23.1 Å². The summed E-state index contributed by atoms with van der Waals surface area (Å²) in [5, 5.41) is 6.12. The van der Waals surface area contributed by atoms with Crippen molar-refractivity contribution in [3.63, 3.8) is 0 Å². The molecule has 30 heavy (non-hydrogen) atoms. The van der Waals surface area contributed by atoms with Crippen LogP contribution in [-0.4, -0.2) is 26.6 Å². The Labute approximate surface area is 185 Å². The molecule has 1 fully saturated rings. The highest BCUT2D eigenvalue weighted by Gasteiger charge is 2.16. The molecule has 0 bridgehead atoms. The van der Waals surface area contributed by atoms with Crippen LogP contribution in [0.15, 0.2) is 40.9 Å². The van der Waals surface area contributed by atoms with E-state index in [-0.39, 0.29) is 11.7 Å². The first-order valence-corrected chi connectivity index (χ1v) is 12.2. The molecular weight excluding hydrogens is 412 g/mol. The second kappa shape index (κ2) is 9.71. The molecule has 0 unspecified atom stereocenters. The Bertz CT molecular complexity index is 990. The molecule has 2 heterocycles. The van der Waals surface area contributed by atoms with Crippen molar-refractivity contribution in [3.8, 4) is 11.3 Å². The molecule has 7 heteroatoms. The normalized spacial score (nSPS) is 14.6. The average Bonchev–Trinajstić information content (AvgIpc) is 3.21. The van der Waals surface area contributed by atoms with Gasteiger partial charge in [0.15, 0.2) is 10.3 Å². The predicted octanol–water partition coefficient (Wildman–Crippen LogP) is 6.00. The van der Waals surface area contributed by atoms with Crippen molar-refractivity contribution in [2.75, 3.05) is 11.1 Å². The lowest BCUT2D eigenvalue weighted by Gasteiger charge is -2.22. The maximum Gasteiger partial charge on any atom is 0.236 e. The van der Waals surface area contributed by atoms with Gasteiger partial charge in [0.25, 0.3) is 0 Å². The molecule has 2 aromatic heterocycles. The van der Waals surface area contributed by atoms with Crippen LogP contribution < -0.4 is 5.32 Å². The van der Waals surface area contributed by atoms with E-state index in [1.807, 2.05) is 25.3 Å². The van der Waals surface area contributed by atoms with E-state index in [2.05, 4.69) is 44.5 Å². The summed E-state index contributed by atoms with van der Waals surface area (Å²) < 4.78 is 0. The van der Waals surface area contributed by atoms with Crippen LogP contribution in [0.2, 0.25) is 0 Å². The van der Waals surface area contributed by atoms with Crippen LogP contribution in [0, 0.1) is 13.8 Å². The van der Waals surface area contributed by atoms with E-state index in [1.54, 1.807) is 0 Å². The lowest BCUT2D eigenvalue weighted by Crippen LogP contribution is -2.14. The Morgan fingerprint density at radius 2 is 1.77 bits per heavy atom. The lowest BCUT2D eigenvalue weighted by molar-refractivity contribution is -0.113. The highest BCUT2D eigenvalue weighted by molar-refractivity contribution is 7.99. The number of anilines is 1. The fourth-order valence-corrected chi connectivity index (χ4v) is 5.35. The third-order valence-corrected chi connectivity index (χ3v) is 6.93. The summed E-state index contributed by atoms with van der Waals surface area (Å²) in [7, 11) is 0. The molecule has 4 rings (SSSR count). The fraction of sp³-hybridized carbons (Fsp3) is 0.391. The monoisotopic (exact) mass is 438 g/mol. The van der Waals surface area contributed by atoms with Crippen molar-refractivity contribution in [1.29, 1.82) is 0 Å². The number of carbonyl (C=O) groups is 1. The van der Waals surface area contributed by atoms with Crippen molar-refractivity contribution >= 4 is 34.1 Å². The highest BCUT2D eigenvalue weighted by atomic mass is 32.2. The van der Waals surface area contributed by atoms with Crippen LogP contribution in [0.5, 0.6) is 0 Å². The number of thioether (sulfide) groups is 1.